The zero-order chi connectivity index (χ0) is 15.2. The van der Waals surface area contributed by atoms with Crippen molar-refractivity contribution >= 4 is 15.7 Å². The molecule has 0 saturated heterocycles. The van der Waals surface area contributed by atoms with Gasteiger partial charge in [0.05, 0.1) is 11.4 Å². The van der Waals surface area contributed by atoms with E-state index in [1.54, 1.807) is 0 Å². The van der Waals surface area contributed by atoms with Crippen LogP contribution in [0.4, 0.5) is 5.69 Å². The second-order valence-corrected chi connectivity index (χ2v) is 7.56. The van der Waals surface area contributed by atoms with Crippen molar-refractivity contribution in [3.8, 4) is 0 Å². The molecule has 5 heteroatoms. The zero-order valence-corrected chi connectivity index (χ0v) is 13.5. The predicted octanol–water partition coefficient (Wildman–Crippen LogP) is 2.53. The number of sulfonamides is 1. The first-order valence-electron chi connectivity index (χ1n) is 7.14. The van der Waals surface area contributed by atoms with Gasteiger partial charge >= 0.3 is 0 Å². The Hall–Kier alpha value is -1.07. The van der Waals surface area contributed by atoms with E-state index in [1.807, 2.05) is 45.0 Å². The first-order valence-corrected chi connectivity index (χ1v) is 8.75. The van der Waals surface area contributed by atoms with E-state index >= 15 is 0 Å². The van der Waals surface area contributed by atoms with E-state index < -0.39 is 10.0 Å². The largest absolute Gasteiger partial charge is 0.330 e. The van der Waals surface area contributed by atoms with Crippen molar-refractivity contribution in [2.75, 3.05) is 23.1 Å². The second kappa shape index (κ2) is 7.64. The molecule has 0 aliphatic carbocycles. The molecule has 1 rings (SSSR count). The number of nitrogens with zero attached hydrogens (tertiary/aromatic N) is 1. The van der Waals surface area contributed by atoms with Gasteiger partial charge in [-0.2, -0.15) is 0 Å². The van der Waals surface area contributed by atoms with Crippen molar-refractivity contribution in [1.29, 1.82) is 0 Å². The number of anilines is 1. The zero-order valence-electron chi connectivity index (χ0n) is 12.7. The van der Waals surface area contributed by atoms with Crippen molar-refractivity contribution in [3.05, 3.63) is 29.8 Å². The van der Waals surface area contributed by atoms with Gasteiger partial charge in [-0.3, -0.25) is 4.31 Å². The van der Waals surface area contributed by atoms with Crippen LogP contribution in [0, 0.1) is 12.8 Å². The first kappa shape index (κ1) is 17.0. The lowest BCUT2D eigenvalue weighted by atomic mass is 10.2. The summed E-state index contributed by atoms with van der Waals surface area (Å²) in [7, 11) is -3.28. The van der Waals surface area contributed by atoms with Gasteiger partial charge in [-0.25, -0.2) is 8.42 Å². The number of nitrogens with two attached hydrogens (primary N) is 1. The summed E-state index contributed by atoms with van der Waals surface area (Å²) >= 11 is 0. The van der Waals surface area contributed by atoms with E-state index in [2.05, 4.69) is 0 Å². The lowest BCUT2D eigenvalue weighted by Crippen LogP contribution is -2.35. The minimum atomic E-state index is -3.28. The fourth-order valence-corrected chi connectivity index (χ4v) is 3.77. The average Bonchev–Trinajstić information content (AvgIpc) is 2.37. The Balaban J connectivity index is 2.99. The van der Waals surface area contributed by atoms with Gasteiger partial charge in [0.2, 0.25) is 10.0 Å². The monoisotopic (exact) mass is 298 g/mol. The summed E-state index contributed by atoms with van der Waals surface area (Å²) in [6, 6.07) is 7.60. The minimum absolute atomic E-state index is 0.184. The molecule has 0 aromatic heterocycles. The van der Waals surface area contributed by atoms with Crippen molar-refractivity contribution < 1.29 is 8.42 Å². The number of rotatable bonds is 8. The van der Waals surface area contributed by atoms with Gasteiger partial charge in [-0.15, -0.1) is 0 Å². The third-order valence-electron chi connectivity index (χ3n) is 3.14. The second-order valence-electron chi connectivity index (χ2n) is 5.55. The van der Waals surface area contributed by atoms with Crippen molar-refractivity contribution in [2.45, 2.75) is 33.6 Å². The summed E-state index contributed by atoms with van der Waals surface area (Å²) in [4.78, 5) is 0. The van der Waals surface area contributed by atoms with Gasteiger partial charge in [0, 0.05) is 6.54 Å². The van der Waals surface area contributed by atoms with Crippen LogP contribution < -0.4 is 10.0 Å². The predicted molar refractivity (Wildman–Crippen MR) is 85.4 cm³/mol. The van der Waals surface area contributed by atoms with Crippen LogP contribution >= 0.6 is 0 Å². The molecule has 0 unspecified atom stereocenters. The van der Waals surface area contributed by atoms with Crippen molar-refractivity contribution in [1.82, 2.24) is 0 Å². The molecule has 1 aromatic carbocycles. The maximum atomic E-state index is 12.5. The molecule has 4 nitrogen and oxygen atoms in total. The Kier molecular flexibility index (Phi) is 6.49. The standard InChI is InChI=1S/C15H26N2O2S/c1-13(2)8-11-20(18,19)17(10-5-9-16)15-7-4-6-14(3)12-15/h4,6-7,12-13H,5,8-11,16H2,1-3H3. The Morgan fingerprint density at radius 2 is 2.00 bits per heavy atom. The summed E-state index contributed by atoms with van der Waals surface area (Å²) in [6.07, 6.45) is 1.34. The lowest BCUT2D eigenvalue weighted by Gasteiger charge is -2.25. The molecule has 0 fully saturated rings. The van der Waals surface area contributed by atoms with Gasteiger partial charge < -0.3 is 5.73 Å². The van der Waals surface area contributed by atoms with Crippen LogP contribution in [0.1, 0.15) is 32.3 Å². The Bertz CT molecular complexity index is 512. The normalized spacial score (nSPS) is 11.8. The van der Waals surface area contributed by atoms with Crippen molar-refractivity contribution in [3.63, 3.8) is 0 Å². The molecule has 0 saturated carbocycles. The third-order valence-corrected chi connectivity index (χ3v) is 4.96. The molecule has 0 aliphatic rings. The fourth-order valence-electron chi connectivity index (χ4n) is 1.94. The van der Waals surface area contributed by atoms with Crippen LogP contribution in [0.3, 0.4) is 0 Å². The van der Waals surface area contributed by atoms with Gasteiger partial charge in [0.25, 0.3) is 0 Å². The molecule has 0 atom stereocenters. The van der Waals surface area contributed by atoms with Crippen LogP contribution in [-0.4, -0.2) is 27.3 Å². The number of hydrogen-bond donors (Lipinski definition) is 1. The smallest absolute Gasteiger partial charge is 0.235 e. The summed E-state index contributed by atoms with van der Waals surface area (Å²) in [5.74, 6) is 0.557. The topological polar surface area (TPSA) is 63.4 Å². The maximum Gasteiger partial charge on any atom is 0.235 e. The van der Waals surface area contributed by atoms with Crippen LogP contribution in [0.15, 0.2) is 24.3 Å². The molecular formula is C15H26N2O2S. The Labute approximate surface area is 123 Å². The highest BCUT2D eigenvalue weighted by molar-refractivity contribution is 7.92. The lowest BCUT2D eigenvalue weighted by molar-refractivity contribution is 0.568. The molecular weight excluding hydrogens is 272 g/mol. The van der Waals surface area contributed by atoms with E-state index in [-0.39, 0.29) is 5.75 Å². The third kappa shape index (κ3) is 5.13. The molecule has 1 aromatic rings. The maximum absolute atomic E-state index is 12.5. The summed E-state index contributed by atoms with van der Waals surface area (Å²) in [5, 5.41) is 0. The average molecular weight is 298 g/mol. The van der Waals surface area contributed by atoms with Gasteiger partial charge in [-0.1, -0.05) is 26.0 Å². The molecule has 0 bridgehead atoms. The van der Waals surface area contributed by atoms with Crippen LogP contribution in [0.5, 0.6) is 0 Å². The van der Waals surface area contributed by atoms with E-state index in [4.69, 9.17) is 5.73 Å². The van der Waals surface area contributed by atoms with E-state index in [0.717, 1.165) is 11.3 Å². The molecule has 114 valence electrons. The molecule has 0 aliphatic heterocycles. The van der Waals surface area contributed by atoms with Crippen molar-refractivity contribution in [2.24, 2.45) is 11.7 Å². The fraction of sp³-hybridized carbons (Fsp3) is 0.600. The quantitative estimate of drug-likeness (QED) is 0.802. The minimum Gasteiger partial charge on any atom is -0.330 e. The summed E-state index contributed by atoms with van der Waals surface area (Å²) in [5.41, 5.74) is 7.32. The SMILES string of the molecule is Cc1cccc(N(CCCN)S(=O)(=O)CCC(C)C)c1. The number of benzene rings is 1. The summed E-state index contributed by atoms with van der Waals surface area (Å²) < 4.78 is 26.6. The van der Waals surface area contributed by atoms with E-state index in [0.29, 0.717) is 31.8 Å². The number of aryl methyl sites for hydroxylation is 1. The highest BCUT2D eigenvalue weighted by Gasteiger charge is 2.22. The van der Waals surface area contributed by atoms with Gasteiger partial charge in [0.15, 0.2) is 0 Å². The van der Waals surface area contributed by atoms with Crippen LogP contribution in [0.25, 0.3) is 0 Å². The summed E-state index contributed by atoms with van der Waals surface area (Å²) in [6.45, 7) is 6.96. The molecule has 0 heterocycles. The van der Waals surface area contributed by atoms with Crippen LogP contribution in [-0.2, 0) is 10.0 Å². The van der Waals surface area contributed by atoms with Crippen LogP contribution in [0.2, 0.25) is 0 Å². The Morgan fingerprint density at radius 1 is 1.30 bits per heavy atom. The highest BCUT2D eigenvalue weighted by Crippen LogP contribution is 2.21. The van der Waals surface area contributed by atoms with E-state index in [1.165, 1.54) is 4.31 Å². The molecule has 20 heavy (non-hydrogen) atoms. The molecule has 0 spiro atoms. The van der Waals surface area contributed by atoms with Gasteiger partial charge in [-0.05, 0) is 49.9 Å². The Morgan fingerprint density at radius 3 is 2.55 bits per heavy atom. The number of hydrogen-bond acceptors (Lipinski definition) is 3. The first-order chi connectivity index (χ1) is 9.36. The molecule has 0 amide bonds. The highest BCUT2D eigenvalue weighted by atomic mass is 32.2. The van der Waals surface area contributed by atoms with E-state index in [9.17, 15) is 8.42 Å². The van der Waals surface area contributed by atoms with Gasteiger partial charge in [0.1, 0.15) is 0 Å². The molecule has 2 N–H and O–H groups in total. The molecule has 0 radical (unpaired) electrons.